The number of ether oxygens (including phenoxy) is 3. The highest BCUT2D eigenvalue weighted by Gasteiger charge is 2.22. The van der Waals surface area contributed by atoms with E-state index in [9.17, 15) is 18.0 Å². The van der Waals surface area contributed by atoms with Crippen molar-refractivity contribution in [1.29, 1.82) is 0 Å². The van der Waals surface area contributed by atoms with Crippen molar-refractivity contribution in [2.24, 2.45) is 0 Å². The first-order valence-corrected chi connectivity index (χ1v) is 12.4. The highest BCUT2D eigenvalue weighted by atomic mass is 32.2. The lowest BCUT2D eigenvalue weighted by Gasteiger charge is -2.19. The summed E-state index contributed by atoms with van der Waals surface area (Å²) in [5.74, 6) is -0.280. The summed E-state index contributed by atoms with van der Waals surface area (Å²) in [6.07, 6.45) is -1.13. The molecule has 0 radical (unpaired) electrons. The van der Waals surface area contributed by atoms with Gasteiger partial charge in [0.15, 0.2) is 17.6 Å². The second-order valence-electron chi connectivity index (χ2n) is 7.73. The van der Waals surface area contributed by atoms with Crippen LogP contribution in [0.5, 0.6) is 11.5 Å². The van der Waals surface area contributed by atoms with Crippen LogP contribution in [0.4, 0.5) is 5.69 Å². The number of fused-ring (bicyclic) bond motifs is 1. The molecule has 1 aliphatic rings. The number of sulfonamides is 1. The topological polar surface area (TPSA) is 120 Å². The van der Waals surface area contributed by atoms with Gasteiger partial charge >= 0.3 is 5.97 Å². The Morgan fingerprint density at radius 2 is 1.69 bits per heavy atom. The zero-order valence-electron chi connectivity index (χ0n) is 18.9. The largest absolute Gasteiger partial charge is 0.486 e. The molecule has 0 fully saturated rings. The number of esters is 1. The van der Waals surface area contributed by atoms with Crippen LogP contribution in [0.2, 0.25) is 0 Å². The van der Waals surface area contributed by atoms with E-state index < -0.39 is 28.0 Å². The number of amides is 1. The Morgan fingerprint density at radius 3 is 2.46 bits per heavy atom. The van der Waals surface area contributed by atoms with Gasteiger partial charge < -0.3 is 19.5 Å². The van der Waals surface area contributed by atoms with Crippen LogP contribution < -0.4 is 19.5 Å². The number of carbonyl (C=O) groups is 2. The van der Waals surface area contributed by atoms with Crippen LogP contribution in [0.25, 0.3) is 0 Å². The van der Waals surface area contributed by atoms with Gasteiger partial charge in [0.1, 0.15) is 13.2 Å². The van der Waals surface area contributed by atoms with Crippen LogP contribution in [0.15, 0.2) is 77.7 Å². The Balaban J connectivity index is 1.37. The maximum Gasteiger partial charge on any atom is 0.338 e. The highest BCUT2D eigenvalue weighted by Crippen LogP contribution is 2.32. The average molecular weight is 497 g/mol. The molecule has 1 heterocycles. The molecule has 1 amide bonds. The maximum atomic E-state index is 12.7. The van der Waals surface area contributed by atoms with E-state index in [0.717, 1.165) is 5.56 Å². The smallest absolute Gasteiger partial charge is 0.338 e. The van der Waals surface area contributed by atoms with E-state index in [1.54, 1.807) is 30.3 Å². The number of hydrogen-bond acceptors (Lipinski definition) is 7. The minimum Gasteiger partial charge on any atom is -0.486 e. The van der Waals surface area contributed by atoms with E-state index in [-0.39, 0.29) is 17.0 Å². The van der Waals surface area contributed by atoms with Crippen LogP contribution in [0.3, 0.4) is 0 Å². The Hall–Kier alpha value is -3.89. The van der Waals surface area contributed by atoms with Crippen LogP contribution in [-0.4, -0.2) is 39.6 Å². The van der Waals surface area contributed by atoms with Gasteiger partial charge in [0.05, 0.1) is 10.5 Å². The summed E-state index contributed by atoms with van der Waals surface area (Å²) < 4.78 is 44.0. The van der Waals surface area contributed by atoms with Gasteiger partial charge in [-0.05, 0) is 42.8 Å². The lowest BCUT2D eigenvalue weighted by molar-refractivity contribution is -0.123. The molecule has 0 aromatic heterocycles. The van der Waals surface area contributed by atoms with Crippen molar-refractivity contribution >= 4 is 27.6 Å². The van der Waals surface area contributed by atoms with Crippen LogP contribution in [0.1, 0.15) is 22.8 Å². The quantitative estimate of drug-likeness (QED) is 0.460. The normalized spacial score (nSPS) is 13.5. The molecule has 2 N–H and O–H groups in total. The number of hydrogen-bond donors (Lipinski definition) is 2. The first kappa shape index (κ1) is 24.2. The van der Waals surface area contributed by atoms with E-state index in [1.165, 1.54) is 31.2 Å². The Morgan fingerprint density at radius 1 is 0.943 bits per heavy atom. The maximum absolute atomic E-state index is 12.7. The predicted molar refractivity (Wildman–Crippen MR) is 128 cm³/mol. The van der Waals surface area contributed by atoms with Gasteiger partial charge in [-0.25, -0.2) is 17.9 Å². The third-order valence-corrected chi connectivity index (χ3v) is 6.55. The zero-order valence-corrected chi connectivity index (χ0v) is 19.7. The summed E-state index contributed by atoms with van der Waals surface area (Å²) >= 11 is 0. The number of nitrogens with one attached hydrogen (secondary N) is 2. The van der Waals surface area contributed by atoms with Crippen LogP contribution >= 0.6 is 0 Å². The molecule has 10 heteroatoms. The average Bonchev–Trinajstić information content (AvgIpc) is 2.88. The van der Waals surface area contributed by atoms with Gasteiger partial charge in [-0.1, -0.05) is 36.4 Å². The number of anilines is 1. The number of carbonyl (C=O) groups excluding carboxylic acids is 2. The Labute approximate surface area is 203 Å². The van der Waals surface area contributed by atoms with Crippen LogP contribution in [0, 0.1) is 0 Å². The van der Waals surface area contributed by atoms with Crippen molar-refractivity contribution in [2.75, 3.05) is 18.5 Å². The van der Waals surface area contributed by atoms with Crippen molar-refractivity contribution in [3.63, 3.8) is 0 Å². The number of benzene rings is 3. The van der Waals surface area contributed by atoms with Gasteiger partial charge in [0.2, 0.25) is 10.0 Å². The molecule has 0 saturated carbocycles. The van der Waals surface area contributed by atoms with Crippen molar-refractivity contribution in [2.45, 2.75) is 24.5 Å². The fourth-order valence-electron chi connectivity index (χ4n) is 3.29. The molecule has 0 spiro atoms. The van der Waals surface area contributed by atoms with Crippen molar-refractivity contribution in [3.05, 3.63) is 83.9 Å². The van der Waals surface area contributed by atoms with Crippen molar-refractivity contribution in [1.82, 2.24) is 4.72 Å². The van der Waals surface area contributed by atoms with E-state index in [1.807, 2.05) is 18.2 Å². The third-order valence-electron chi connectivity index (χ3n) is 5.15. The Bertz CT molecular complexity index is 1330. The van der Waals surface area contributed by atoms with Gasteiger partial charge in [-0.15, -0.1) is 0 Å². The molecule has 35 heavy (non-hydrogen) atoms. The van der Waals surface area contributed by atoms with E-state index in [2.05, 4.69) is 10.0 Å². The van der Waals surface area contributed by atoms with Crippen molar-refractivity contribution in [3.8, 4) is 11.5 Å². The summed E-state index contributed by atoms with van der Waals surface area (Å²) in [6.45, 7) is 2.40. The summed E-state index contributed by atoms with van der Waals surface area (Å²) in [5.41, 5.74) is 1.26. The molecule has 0 bridgehead atoms. The molecule has 0 unspecified atom stereocenters. The summed E-state index contributed by atoms with van der Waals surface area (Å²) in [4.78, 5) is 25.0. The monoisotopic (exact) mass is 496 g/mol. The zero-order chi connectivity index (χ0) is 24.8. The second-order valence-corrected chi connectivity index (χ2v) is 9.50. The van der Waals surface area contributed by atoms with Gasteiger partial charge in [0.25, 0.3) is 5.91 Å². The SMILES string of the molecule is C[C@H](OC(=O)c1cccc(S(=O)(=O)NCc2ccccc2)c1)C(=O)Nc1ccc2c(c1)OCCO2. The highest BCUT2D eigenvalue weighted by molar-refractivity contribution is 7.89. The molecule has 9 nitrogen and oxygen atoms in total. The van der Waals surface area contributed by atoms with Gasteiger partial charge in [-0.2, -0.15) is 0 Å². The van der Waals surface area contributed by atoms with Gasteiger partial charge in [-0.3, -0.25) is 4.79 Å². The summed E-state index contributed by atoms with van der Waals surface area (Å²) in [5, 5.41) is 2.66. The van der Waals surface area contributed by atoms with Crippen molar-refractivity contribution < 1.29 is 32.2 Å². The Kier molecular flexibility index (Phi) is 7.33. The lowest BCUT2D eigenvalue weighted by Crippen LogP contribution is -2.30. The second kappa shape index (κ2) is 10.6. The van der Waals surface area contributed by atoms with E-state index in [0.29, 0.717) is 30.4 Å². The standard InChI is InChI=1S/C25H24N2O7S/c1-17(24(28)27-20-10-11-22-23(15-20)33-13-12-32-22)34-25(29)19-8-5-9-21(14-19)35(30,31)26-16-18-6-3-2-4-7-18/h2-11,14-15,17,26H,12-13,16H2,1H3,(H,27,28)/t17-/m0/s1. The fraction of sp³-hybridized carbons (Fsp3) is 0.200. The molecule has 3 aromatic carbocycles. The molecule has 1 aliphatic heterocycles. The summed E-state index contributed by atoms with van der Waals surface area (Å²) in [6, 6.07) is 19.5. The number of rotatable bonds is 8. The minimum absolute atomic E-state index is 0.00608. The van der Waals surface area contributed by atoms with E-state index >= 15 is 0 Å². The van der Waals surface area contributed by atoms with Crippen LogP contribution in [-0.2, 0) is 26.1 Å². The predicted octanol–water partition coefficient (Wildman–Crippen LogP) is 3.12. The molecular weight excluding hydrogens is 472 g/mol. The minimum atomic E-state index is -3.87. The first-order valence-electron chi connectivity index (χ1n) is 10.9. The van der Waals surface area contributed by atoms with Gasteiger partial charge in [0, 0.05) is 18.3 Å². The fourth-order valence-corrected chi connectivity index (χ4v) is 4.36. The molecule has 3 aromatic rings. The first-order chi connectivity index (χ1) is 16.8. The molecule has 4 rings (SSSR count). The molecule has 0 aliphatic carbocycles. The summed E-state index contributed by atoms with van der Waals surface area (Å²) in [7, 11) is -3.87. The molecule has 1 atom stereocenters. The lowest BCUT2D eigenvalue weighted by atomic mass is 10.2. The molecular formula is C25H24N2O7S. The van der Waals surface area contributed by atoms with E-state index in [4.69, 9.17) is 14.2 Å². The molecule has 0 saturated heterocycles. The molecule has 182 valence electrons. The third kappa shape index (κ3) is 6.17.